The number of nitro groups is 1. The van der Waals surface area contributed by atoms with Crippen molar-refractivity contribution >= 4 is 23.4 Å². The molecule has 0 aliphatic heterocycles. The molecule has 0 spiro atoms. The molecule has 0 saturated carbocycles. The normalized spacial score (nSPS) is 10.7. The van der Waals surface area contributed by atoms with Crippen LogP contribution in [-0.4, -0.2) is 46.3 Å². The topological polar surface area (TPSA) is 83.7 Å². The molecule has 0 bridgehead atoms. The predicted octanol–water partition coefficient (Wildman–Crippen LogP) is 2.55. The third kappa shape index (κ3) is 4.44. The van der Waals surface area contributed by atoms with Gasteiger partial charge in [-0.1, -0.05) is 0 Å². The first-order valence-corrected chi connectivity index (χ1v) is 7.89. The number of rotatable bonds is 7. The molecular formula is C14H20N2O4S. The van der Waals surface area contributed by atoms with Crippen LogP contribution in [0.5, 0.6) is 0 Å². The van der Waals surface area contributed by atoms with Crippen molar-refractivity contribution in [1.29, 1.82) is 0 Å². The first kappa shape index (κ1) is 17.5. The number of hydrogen-bond donors (Lipinski definition) is 1. The molecule has 0 heterocycles. The molecule has 1 aromatic carbocycles. The van der Waals surface area contributed by atoms with Crippen LogP contribution >= 0.6 is 11.8 Å². The largest absolute Gasteiger partial charge is 0.396 e. The zero-order valence-corrected chi connectivity index (χ0v) is 13.2. The highest BCUT2D eigenvalue weighted by atomic mass is 32.2. The van der Waals surface area contributed by atoms with Gasteiger partial charge in [0, 0.05) is 30.2 Å². The Kier molecular flexibility index (Phi) is 6.64. The van der Waals surface area contributed by atoms with E-state index >= 15 is 0 Å². The molecular weight excluding hydrogens is 292 g/mol. The fraction of sp³-hybridized carbons (Fsp3) is 0.500. The second kappa shape index (κ2) is 7.99. The van der Waals surface area contributed by atoms with Gasteiger partial charge in [0.1, 0.15) is 5.56 Å². The molecule has 0 aromatic heterocycles. The van der Waals surface area contributed by atoms with Crippen molar-refractivity contribution in [2.24, 2.45) is 0 Å². The summed E-state index contributed by atoms with van der Waals surface area (Å²) in [5.74, 6) is -0.374. The lowest BCUT2D eigenvalue weighted by Crippen LogP contribution is -2.38. The highest BCUT2D eigenvalue weighted by molar-refractivity contribution is 7.98. The first-order valence-electron chi connectivity index (χ1n) is 6.66. The van der Waals surface area contributed by atoms with Gasteiger partial charge < -0.3 is 10.0 Å². The number of amides is 1. The maximum absolute atomic E-state index is 12.6. The van der Waals surface area contributed by atoms with Crippen LogP contribution in [0.15, 0.2) is 23.1 Å². The zero-order chi connectivity index (χ0) is 16.0. The van der Waals surface area contributed by atoms with E-state index in [9.17, 15) is 14.9 Å². The summed E-state index contributed by atoms with van der Waals surface area (Å²) in [5.41, 5.74) is -0.0917. The average molecular weight is 312 g/mol. The van der Waals surface area contributed by atoms with E-state index in [1.165, 1.54) is 17.8 Å². The standard InChI is InChI=1S/C14H20N2O4S/c1-10(2)15(7-4-8-17)14(18)12-9-11(21-3)5-6-13(12)16(19)20/h5-6,9-10,17H,4,7-8H2,1-3H3. The Morgan fingerprint density at radius 3 is 2.62 bits per heavy atom. The second-order valence-electron chi connectivity index (χ2n) is 4.81. The van der Waals surface area contributed by atoms with Crippen molar-refractivity contribution in [2.75, 3.05) is 19.4 Å². The molecule has 116 valence electrons. The van der Waals surface area contributed by atoms with E-state index in [1.54, 1.807) is 17.0 Å². The van der Waals surface area contributed by atoms with E-state index in [0.29, 0.717) is 13.0 Å². The first-order chi connectivity index (χ1) is 9.92. The van der Waals surface area contributed by atoms with Gasteiger partial charge in [0.15, 0.2) is 0 Å². The fourth-order valence-corrected chi connectivity index (χ4v) is 2.40. The Balaban J connectivity index is 3.21. The molecule has 1 rings (SSSR count). The summed E-state index contributed by atoms with van der Waals surface area (Å²) in [4.78, 5) is 25.5. The van der Waals surface area contributed by atoms with Gasteiger partial charge in [0.2, 0.25) is 0 Å². The lowest BCUT2D eigenvalue weighted by Gasteiger charge is -2.26. The van der Waals surface area contributed by atoms with Gasteiger partial charge in [-0.2, -0.15) is 0 Å². The summed E-state index contributed by atoms with van der Waals surface area (Å²) in [6, 6.07) is 4.46. The van der Waals surface area contributed by atoms with Crippen LogP contribution in [0.1, 0.15) is 30.6 Å². The fourth-order valence-electron chi connectivity index (χ4n) is 1.96. The summed E-state index contributed by atoms with van der Waals surface area (Å²) >= 11 is 1.43. The van der Waals surface area contributed by atoms with Gasteiger partial charge >= 0.3 is 0 Å². The van der Waals surface area contributed by atoms with Gasteiger partial charge in [-0.3, -0.25) is 14.9 Å². The van der Waals surface area contributed by atoms with Crippen LogP contribution in [-0.2, 0) is 0 Å². The quantitative estimate of drug-likeness (QED) is 0.475. The van der Waals surface area contributed by atoms with Gasteiger partial charge in [-0.05, 0) is 38.7 Å². The molecule has 0 radical (unpaired) electrons. The Hall–Kier alpha value is -1.60. The van der Waals surface area contributed by atoms with Gasteiger partial charge in [0.05, 0.1) is 4.92 Å². The molecule has 7 heteroatoms. The number of benzene rings is 1. The second-order valence-corrected chi connectivity index (χ2v) is 5.69. The smallest absolute Gasteiger partial charge is 0.282 e. The molecule has 1 aromatic rings. The van der Waals surface area contributed by atoms with E-state index in [-0.39, 0.29) is 29.8 Å². The molecule has 0 saturated heterocycles. The third-order valence-electron chi connectivity index (χ3n) is 3.07. The molecule has 21 heavy (non-hydrogen) atoms. The van der Waals surface area contributed by atoms with Crippen molar-refractivity contribution in [1.82, 2.24) is 4.90 Å². The average Bonchev–Trinajstić information content (AvgIpc) is 2.46. The SMILES string of the molecule is CSc1ccc([N+](=O)[O-])c(C(=O)N(CCCO)C(C)C)c1. The molecule has 0 atom stereocenters. The lowest BCUT2D eigenvalue weighted by atomic mass is 10.1. The van der Waals surface area contributed by atoms with Crippen LogP contribution in [0, 0.1) is 10.1 Å². The third-order valence-corrected chi connectivity index (χ3v) is 3.80. The van der Waals surface area contributed by atoms with E-state index in [4.69, 9.17) is 5.11 Å². The number of carbonyl (C=O) groups is 1. The minimum Gasteiger partial charge on any atom is -0.396 e. The number of aliphatic hydroxyl groups excluding tert-OH is 1. The van der Waals surface area contributed by atoms with Crippen LogP contribution in [0.2, 0.25) is 0 Å². The van der Waals surface area contributed by atoms with Crippen LogP contribution in [0.3, 0.4) is 0 Å². The monoisotopic (exact) mass is 312 g/mol. The van der Waals surface area contributed by atoms with Crippen molar-refractivity contribution < 1.29 is 14.8 Å². The maximum atomic E-state index is 12.6. The molecule has 0 aliphatic rings. The summed E-state index contributed by atoms with van der Waals surface area (Å²) in [6.07, 6.45) is 2.29. The molecule has 0 aliphatic carbocycles. The minimum absolute atomic E-state index is 0.0244. The summed E-state index contributed by atoms with van der Waals surface area (Å²) in [7, 11) is 0. The molecule has 6 nitrogen and oxygen atoms in total. The Morgan fingerprint density at radius 1 is 1.48 bits per heavy atom. The Bertz CT molecular complexity index is 520. The summed E-state index contributed by atoms with van der Waals surface area (Å²) < 4.78 is 0. The molecule has 0 fully saturated rings. The Morgan fingerprint density at radius 2 is 2.14 bits per heavy atom. The van der Waals surface area contributed by atoms with Crippen LogP contribution in [0.4, 0.5) is 5.69 Å². The number of thioether (sulfide) groups is 1. The number of hydrogen-bond acceptors (Lipinski definition) is 5. The minimum atomic E-state index is -0.540. The zero-order valence-electron chi connectivity index (χ0n) is 12.4. The van der Waals surface area contributed by atoms with E-state index in [2.05, 4.69) is 0 Å². The van der Waals surface area contributed by atoms with Crippen LogP contribution < -0.4 is 0 Å². The predicted molar refractivity (Wildman–Crippen MR) is 82.8 cm³/mol. The number of nitro benzene ring substituents is 1. The van der Waals surface area contributed by atoms with E-state index in [1.807, 2.05) is 20.1 Å². The van der Waals surface area contributed by atoms with Crippen molar-refractivity contribution in [2.45, 2.75) is 31.2 Å². The Labute approximate surface area is 128 Å². The highest BCUT2D eigenvalue weighted by Crippen LogP contribution is 2.26. The van der Waals surface area contributed by atoms with Crippen molar-refractivity contribution in [3.63, 3.8) is 0 Å². The number of aliphatic hydroxyl groups is 1. The van der Waals surface area contributed by atoms with E-state index in [0.717, 1.165) is 4.90 Å². The van der Waals surface area contributed by atoms with Crippen molar-refractivity contribution in [3.8, 4) is 0 Å². The van der Waals surface area contributed by atoms with E-state index < -0.39 is 4.92 Å². The van der Waals surface area contributed by atoms with Gasteiger partial charge in [0.25, 0.3) is 11.6 Å². The maximum Gasteiger partial charge on any atom is 0.282 e. The number of nitrogens with zero attached hydrogens (tertiary/aromatic N) is 2. The lowest BCUT2D eigenvalue weighted by molar-refractivity contribution is -0.385. The van der Waals surface area contributed by atoms with Crippen molar-refractivity contribution in [3.05, 3.63) is 33.9 Å². The summed E-state index contributed by atoms with van der Waals surface area (Å²) in [5, 5.41) is 20.0. The molecule has 0 unspecified atom stereocenters. The van der Waals surface area contributed by atoms with Gasteiger partial charge in [-0.25, -0.2) is 0 Å². The van der Waals surface area contributed by atoms with Gasteiger partial charge in [-0.15, -0.1) is 11.8 Å². The summed E-state index contributed by atoms with van der Waals surface area (Å²) in [6.45, 7) is 4.04. The molecule has 1 N–H and O–H groups in total. The number of carbonyl (C=O) groups excluding carboxylic acids is 1. The highest BCUT2D eigenvalue weighted by Gasteiger charge is 2.26. The van der Waals surface area contributed by atoms with Crippen LogP contribution in [0.25, 0.3) is 0 Å². The molecule has 1 amide bonds.